The lowest BCUT2D eigenvalue weighted by Crippen LogP contribution is -2.13. The number of imidazole rings is 1. The van der Waals surface area contributed by atoms with Crippen molar-refractivity contribution in [1.82, 2.24) is 19.3 Å². The number of azo groups is 1. The van der Waals surface area contributed by atoms with Gasteiger partial charge in [0.2, 0.25) is 0 Å². The molecule has 0 aliphatic rings. The zero-order valence-electron chi connectivity index (χ0n) is 15.0. The molecule has 0 fully saturated rings. The minimum atomic E-state index is -0.917. The molecule has 0 spiro atoms. The summed E-state index contributed by atoms with van der Waals surface area (Å²) in [7, 11) is 2.80. The SMILES string of the molecule is COC(=O)n1c(N=Nc2c(C(C)(C)C)nn(C)c2N)nc(C#N)c1C#N. The third-order valence-corrected chi connectivity index (χ3v) is 3.44. The number of anilines is 1. The molecule has 2 N–H and O–H groups in total. The number of nitriles is 2. The van der Waals surface area contributed by atoms with E-state index in [1.807, 2.05) is 20.8 Å². The molecule has 0 aromatic carbocycles. The lowest BCUT2D eigenvalue weighted by Gasteiger charge is -2.15. The number of ether oxygens (including phenoxy) is 1. The van der Waals surface area contributed by atoms with E-state index in [4.69, 9.17) is 11.0 Å². The fraction of sp³-hybridized carbons (Fsp3) is 0.400. The monoisotopic (exact) mass is 355 g/mol. The molecular weight excluding hydrogens is 338 g/mol. The third-order valence-electron chi connectivity index (χ3n) is 3.44. The molecule has 2 heterocycles. The molecule has 0 saturated heterocycles. The summed E-state index contributed by atoms with van der Waals surface area (Å²) >= 11 is 0. The van der Waals surface area contributed by atoms with Crippen LogP contribution in [0, 0.1) is 22.7 Å². The van der Waals surface area contributed by atoms with Crippen LogP contribution in [0.25, 0.3) is 0 Å². The summed E-state index contributed by atoms with van der Waals surface area (Å²) in [6.07, 6.45) is -0.917. The zero-order chi connectivity index (χ0) is 19.6. The summed E-state index contributed by atoms with van der Waals surface area (Å²) in [5, 5.41) is 30.6. The Bertz CT molecular complexity index is 977. The Kier molecular flexibility index (Phi) is 4.75. The van der Waals surface area contributed by atoms with Crippen molar-refractivity contribution < 1.29 is 9.53 Å². The number of nitrogens with zero attached hydrogens (tertiary/aromatic N) is 8. The summed E-state index contributed by atoms with van der Waals surface area (Å²) in [4.78, 5) is 15.8. The Morgan fingerprint density at radius 1 is 1.27 bits per heavy atom. The average Bonchev–Trinajstić information content (AvgIpc) is 3.09. The van der Waals surface area contributed by atoms with Crippen LogP contribution in [-0.4, -0.2) is 32.5 Å². The fourth-order valence-corrected chi connectivity index (χ4v) is 2.15. The minimum absolute atomic E-state index is 0.262. The number of carbonyl (C=O) groups excluding carboxylic acids is 1. The molecule has 0 saturated carbocycles. The van der Waals surface area contributed by atoms with Gasteiger partial charge in [0, 0.05) is 12.5 Å². The number of aryl methyl sites for hydroxylation is 1. The molecule has 2 aromatic heterocycles. The average molecular weight is 355 g/mol. The van der Waals surface area contributed by atoms with E-state index < -0.39 is 6.09 Å². The van der Waals surface area contributed by atoms with Gasteiger partial charge in [-0.25, -0.2) is 4.79 Å². The van der Waals surface area contributed by atoms with Gasteiger partial charge < -0.3 is 10.5 Å². The van der Waals surface area contributed by atoms with Gasteiger partial charge in [0.1, 0.15) is 18.0 Å². The Morgan fingerprint density at radius 2 is 1.92 bits per heavy atom. The smallest absolute Gasteiger partial charge is 0.421 e. The predicted molar refractivity (Wildman–Crippen MR) is 90.0 cm³/mol. The van der Waals surface area contributed by atoms with E-state index >= 15 is 0 Å². The second-order valence-corrected chi connectivity index (χ2v) is 6.29. The number of rotatable bonds is 2. The van der Waals surface area contributed by atoms with E-state index in [0.29, 0.717) is 11.4 Å². The first-order valence-corrected chi connectivity index (χ1v) is 7.41. The summed E-state index contributed by atoms with van der Waals surface area (Å²) in [5.41, 5.74) is 6.00. The Hall–Kier alpha value is -3.73. The van der Waals surface area contributed by atoms with E-state index in [-0.39, 0.29) is 28.6 Å². The highest BCUT2D eigenvalue weighted by atomic mass is 16.5. The normalized spacial score (nSPS) is 11.3. The quantitative estimate of drug-likeness (QED) is 0.808. The van der Waals surface area contributed by atoms with Gasteiger partial charge in [-0.1, -0.05) is 20.8 Å². The molecule has 11 nitrogen and oxygen atoms in total. The van der Waals surface area contributed by atoms with Crippen molar-refractivity contribution in [1.29, 1.82) is 10.5 Å². The summed E-state index contributed by atoms with van der Waals surface area (Å²) in [6, 6.07) is 3.46. The van der Waals surface area contributed by atoms with Gasteiger partial charge in [0.05, 0.1) is 12.8 Å². The van der Waals surface area contributed by atoms with Crippen molar-refractivity contribution in [3.05, 3.63) is 17.1 Å². The van der Waals surface area contributed by atoms with Crippen molar-refractivity contribution in [2.75, 3.05) is 12.8 Å². The van der Waals surface area contributed by atoms with Crippen molar-refractivity contribution >= 4 is 23.5 Å². The van der Waals surface area contributed by atoms with Crippen LogP contribution in [0.1, 0.15) is 37.9 Å². The number of carbonyl (C=O) groups is 1. The molecule has 2 aromatic rings. The summed E-state index contributed by atoms with van der Waals surface area (Å²) < 4.78 is 6.85. The van der Waals surface area contributed by atoms with Crippen LogP contribution in [0.5, 0.6) is 0 Å². The second-order valence-electron chi connectivity index (χ2n) is 6.29. The van der Waals surface area contributed by atoms with Gasteiger partial charge in [0.25, 0.3) is 5.95 Å². The lowest BCUT2D eigenvalue weighted by molar-refractivity contribution is 0.173. The molecule has 0 aliphatic heterocycles. The maximum absolute atomic E-state index is 11.9. The van der Waals surface area contributed by atoms with E-state index in [1.165, 1.54) is 4.68 Å². The van der Waals surface area contributed by atoms with Crippen LogP contribution in [-0.2, 0) is 17.2 Å². The highest BCUT2D eigenvalue weighted by molar-refractivity contribution is 5.76. The maximum Gasteiger partial charge on any atom is 0.421 e. The van der Waals surface area contributed by atoms with Crippen LogP contribution in [0.2, 0.25) is 0 Å². The number of hydrogen-bond acceptors (Lipinski definition) is 9. The summed E-state index contributed by atoms with van der Waals surface area (Å²) in [6.45, 7) is 5.81. The first-order chi connectivity index (χ1) is 12.1. The van der Waals surface area contributed by atoms with Gasteiger partial charge in [-0.15, -0.1) is 10.2 Å². The maximum atomic E-state index is 11.9. The van der Waals surface area contributed by atoms with Crippen molar-refractivity contribution in [2.24, 2.45) is 17.3 Å². The van der Waals surface area contributed by atoms with Crippen LogP contribution in [0.4, 0.5) is 22.2 Å². The number of nitrogen functional groups attached to an aromatic ring is 1. The van der Waals surface area contributed by atoms with Gasteiger partial charge in [0.15, 0.2) is 17.1 Å². The molecule has 2 rings (SSSR count). The first kappa shape index (κ1) is 18.6. The zero-order valence-corrected chi connectivity index (χ0v) is 15.0. The molecule has 0 radical (unpaired) electrons. The largest absolute Gasteiger partial charge is 0.452 e. The predicted octanol–water partition coefficient (Wildman–Crippen LogP) is 2.27. The molecule has 0 atom stereocenters. The fourth-order valence-electron chi connectivity index (χ4n) is 2.15. The van der Waals surface area contributed by atoms with Crippen LogP contribution < -0.4 is 5.73 Å². The van der Waals surface area contributed by atoms with E-state index in [0.717, 1.165) is 11.7 Å². The standard InChI is InChI=1S/C15H17N9O2/c1-15(2,3)11-10(12(18)23(4)22-11)20-21-13-19-8(6-16)9(7-17)24(13)14(25)26-5/h18H2,1-5H3. The number of nitrogens with two attached hydrogens (primary N) is 1. The van der Waals surface area contributed by atoms with Gasteiger partial charge in [-0.3, -0.25) is 4.68 Å². The van der Waals surface area contributed by atoms with E-state index in [9.17, 15) is 10.1 Å². The van der Waals surface area contributed by atoms with Gasteiger partial charge >= 0.3 is 6.09 Å². The Balaban J connectivity index is 2.64. The molecule has 26 heavy (non-hydrogen) atoms. The number of aromatic nitrogens is 4. The minimum Gasteiger partial charge on any atom is -0.452 e. The Morgan fingerprint density at radius 3 is 2.42 bits per heavy atom. The molecular formula is C15H17N9O2. The highest BCUT2D eigenvalue weighted by Gasteiger charge is 2.26. The molecule has 0 aliphatic carbocycles. The second kappa shape index (κ2) is 6.64. The van der Waals surface area contributed by atoms with Crippen LogP contribution in [0.3, 0.4) is 0 Å². The van der Waals surface area contributed by atoms with Crippen LogP contribution >= 0.6 is 0 Å². The lowest BCUT2D eigenvalue weighted by atomic mass is 9.91. The van der Waals surface area contributed by atoms with E-state index in [1.54, 1.807) is 19.2 Å². The Labute approximate surface area is 149 Å². The molecule has 134 valence electrons. The number of hydrogen-bond donors (Lipinski definition) is 1. The van der Waals surface area contributed by atoms with Gasteiger partial charge in [-0.05, 0) is 0 Å². The molecule has 11 heteroatoms. The van der Waals surface area contributed by atoms with Gasteiger partial charge in [-0.2, -0.15) is 25.2 Å². The van der Waals surface area contributed by atoms with E-state index in [2.05, 4.69) is 25.0 Å². The third kappa shape index (κ3) is 3.10. The number of methoxy groups -OCH3 is 1. The molecule has 0 unspecified atom stereocenters. The molecule has 0 amide bonds. The summed E-state index contributed by atoms with van der Waals surface area (Å²) in [5.74, 6) is 0.00363. The van der Waals surface area contributed by atoms with Crippen molar-refractivity contribution in [2.45, 2.75) is 26.2 Å². The highest BCUT2D eigenvalue weighted by Crippen LogP contribution is 2.36. The first-order valence-electron chi connectivity index (χ1n) is 7.41. The molecule has 0 bridgehead atoms. The van der Waals surface area contributed by atoms with Crippen molar-refractivity contribution in [3.8, 4) is 12.1 Å². The topological polar surface area (TPSA) is 160 Å². The van der Waals surface area contributed by atoms with Crippen molar-refractivity contribution in [3.63, 3.8) is 0 Å². The van der Waals surface area contributed by atoms with Crippen LogP contribution in [0.15, 0.2) is 10.2 Å².